The topological polar surface area (TPSA) is 18.5 Å². The molecular formula is C20H42O2. The van der Waals surface area contributed by atoms with Crippen molar-refractivity contribution in [3.05, 3.63) is 0 Å². The molecule has 0 bridgehead atoms. The third-order valence-electron chi connectivity index (χ3n) is 4.71. The van der Waals surface area contributed by atoms with Crippen molar-refractivity contribution in [2.75, 3.05) is 0 Å². The number of ether oxygens (including phenoxy) is 2. The quantitative estimate of drug-likeness (QED) is 0.385. The molecule has 0 aliphatic rings. The van der Waals surface area contributed by atoms with Gasteiger partial charge in [0, 0.05) is 0 Å². The molecule has 134 valence electrons. The van der Waals surface area contributed by atoms with Gasteiger partial charge in [-0.05, 0) is 66.2 Å². The first-order valence-corrected chi connectivity index (χ1v) is 9.55. The van der Waals surface area contributed by atoms with E-state index in [9.17, 15) is 0 Å². The molecule has 0 spiro atoms. The summed E-state index contributed by atoms with van der Waals surface area (Å²) in [6.07, 6.45) is 9.76. The minimum absolute atomic E-state index is 0.0103. The lowest BCUT2D eigenvalue weighted by atomic mass is 9.99. The molecule has 0 rings (SSSR count). The first-order valence-electron chi connectivity index (χ1n) is 9.55. The van der Waals surface area contributed by atoms with Crippen LogP contribution in [0, 0.1) is 0 Å². The average Bonchev–Trinajstić information content (AvgIpc) is 2.44. The van der Waals surface area contributed by atoms with E-state index in [0.29, 0.717) is 12.2 Å². The molecular weight excluding hydrogens is 272 g/mol. The Kier molecular flexibility index (Phi) is 10.6. The maximum Gasteiger partial charge on any atom is 0.0627 e. The van der Waals surface area contributed by atoms with Gasteiger partial charge in [-0.1, -0.05) is 40.5 Å². The molecule has 0 saturated heterocycles. The molecule has 2 unspecified atom stereocenters. The number of hydrogen-bond donors (Lipinski definition) is 0. The lowest BCUT2D eigenvalue weighted by Crippen LogP contribution is -2.33. The van der Waals surface area contributed by atoms with Crippen molar-refractivity contribution < 1.29 is 9.47 Å². The summed E-state index contributed by atoms with van der Waals surface area (Å²) in [6.45, 7) is 17.7. The lowest BCUT2D eigenvalue weighted by Gasteiger charge is -2.33. The molecule has 2 heteroatoms. The summed E-state index contributed by atoms with van der Waals surface area (Å²) in [5.41, 5.74) is -0.0206. The Labute approximate surface area is 140 Å². The Morgan fingerprint density at radius 1 is 0.591 bits per heavy atom. The maximum atomic E-state index is 6.36. The van der Waals surface area contributed by atoms with Gasteiger partial charge in [0.15, 0.2) is 0 Å². The van der Waals surface area contributed by atoms with Crippen LogP contribution in [0.5, 0.6) is 0 Å². The molecule has 0 aromatic carbocycles. The summed E-state index contributed by atoms with van der Waals surface area (Å²) < 4.78 is 12.7. The van der Waals surface area contributed by atoms with Crippen LogP contribution < -0.4 is 0 Å². The molecule has 0 radical (unpaired) electrons. The average molecular weight is 315 g/mol. The molecule has 0 aliphatic heterocycles. The molecule has 0 amide bonds. The van der Waals surface area contributed by atoms with Crippen molar-refractivity contribution in [1.29, 1.82) is 0 Å². The van der Waals surface area contributed by atoms with Crippen molar-refractivity contribution in [2.24, 2.45) is 0 Å². The first kappa shape index (κ1) is 21.9. The van der Waals surface area contributed by atoms with Crippen LogP contribution in [0.15, 0.2) is 0 Å². The Balaban J connectivity index is 4.55. The number of hydrogen-bond acceptors (Lipinski definition) is 2. The van der Waals surface area contributed by atoms with Crippen LogP contribution >= 0.6 is 0 Å². The highest BCUT2D eigenvalue weighted by Gasteiger charge is 2.25. The summed E-state index contributed by atoms with van der Waals surface area (Å²) in [4.78, 5) is 0. The first-order chi connectivity index (χ1) is 10.2. The van der Waals surface area contributed by atoms with Gasteiger partial charge in [0.1, 0.15) is 0 Å². The molecule has 0 saturated carbocycles. The molecule has 2 atom stereocenters. The van der Waals surface area contributed by atoms with Crippen LogP contribution in [0.2, 0.25) is 0 Å². The highest BCUT2D eigenvalue weighted by molar-refractivity contribution is 4.74. The SMILES string of the molecule is CCCC(CCC(CCC)OC(C)(C)CC)OC(C)(C)CC. The standard InChI is InChI=1S/C20H42O2/c1-9-13-17(21-19(5,6)11-3)15-16-18(14-10-2)22-20(7,8)12-4/h17-18H,9-16H2,1-8H3. The van der Waals surface area contributed by atoms with Crippen LogP contribution in [0.1, 0.15) is 107 Å². The van der Waals surface area contributed by atoms with Gasteiger partial charge < -0.3 is 9.47 Å². The fourth-order valence-corrected chi connectivity index (χ4v) is 2.61. The van der Waals surface area contributed by atoms with Crippen molar-refractivity contribution in [1.82, 2.24) is 0 Å². The van der Waals surface area contributed by atoms with Gasteiger partial charge in [0.2, 0.25) is 0 Å². The zero-order valence-electron chi connectivity index (χ0n) is 16.6. The van der Waals surface area contributed by atoms with Crippen molar-refractivity contribution in [3.63, 3.8) is 0 Å². The van der Waals surface area contributed by atoms with E-state index in [1.807, 2.05) is 0 Å². The Morgan fingerprint density at radius 2 is 0.909 bits per heavy atom. The van der Waals surface area contributed by atoms with Crippen molar-refractivity contribution in [2.45, 2.75) is 130 Å². The van der Waals surface area contributed by atoms with Crippen molar-refractivity contribution in [3.8, 4) is 0 Å². The Morgan fingerprint density at radius 3 is 1.14 bits per heavy atom. The fourth-order valence-electron chi connectivity index (χ4n) is 2.61. The molecule has 0 heterocycles. The van der Waals surface area contributed by atoms with E-state index >= 15 is 0 Å². The highest BCUT2D eigenvalue weighted by atomic mass is 16.5. The van der Waals surface area contributed by atoms with Gasteiger partial charge in [-0.15, -0.1) is 0 Å². The van der Waals surface area contributed by atoms with Gasteiger partial charge in [0.25, 0.3) is 0 Å². The lowest BCUT2D eigenvalue weighted by molar-refractivity contribution is -0.103. The summed E-state index contributed by atoms with van der Waals surface area (Å²) in [6, 6.07) is 0. The normalized spacial score (nSPS) is 15.8. The predicted octanol–water partition coefficient (Wildman–Crippen LogP) is 6.51. The van der Waals surface area contributed by atoms with E-state index in [1.54, 1.807) is 0 Å². The smallest absolute Gasteiger partial charge is 0.0627 e. The second-order valence-corrected chi connectivity index (χ2v) is 7.86. The Bertz CT molecular complexity index is 243. The molecule has 0 N–H and O–H groups in total. The molecule has 0 aromatic rings. The third kappa shape index (κ3) is 9.84. The van der Waals surface area contributed by atoms with Crippen molar-refractivity contribution >= 4 is 0 Å². The minimum atomic E-state index is -0.0103. The van der Waals surface area contributed by atoms with E-state index in [2.05, 4.69) is 55.4 Å². The summed E-state index contributed by atoms with van der Waals surface area (Å²) in [7, 11) is 0. The zero-order valence-corrected chi connectivity index (χ0v) is 16.6. The van der Waals surface area contributed by atoms with Crippen LogP contribution in [0.3, 0.4) is 0 Å². The second kappa shape index (κ2) is 10.6. The second-order valence-electron chi connectivity index (χ2n) is 7.86. The molecule has 0 fully saturated rings. The zero-order chi connectivity index (χ0) is 17.2. The van der Waals surface area contributed by atoms with Gasteiger partial charge in [0.05, 0.1) is 23.4 Å². The minimum Gasteiger partial charge on any atom is -0.372 e. The summed E-state index contributed by atoms with van der Waals surface area (Å²) in [5.74, 6) is 0. The molecule has 22 heavy (non-hydrogen) atoms. The summed E-state index contributed by atoms with van der Waals surface area (Å²) in [5, 5.41) is 0. The largest absolute Gasteiger partial charge is 0.372 e. The van der Waals surface area contributed by atoms with Gasteiger partial charge in [-0.3, -0.25) is 0 Å². The van der Waals surface area contributed by atoms with Gasteiger partial charge in [-0.25, -0.2) is 0 Å². The van der Waals surface area contributed by atoms with Crippen LogP contribution in [0.25, 0.3) is 0 Å². The number of rotatable bonds is 13. The van der Waals surface area contributed by atoms with E-state index < -0.39 is 0 Å². The summed E-state index contributed by atoms with van der Waals surface area (Å²) >= 11 is 0. The van der Waals surface area contributed by atoms with Crippen LogP contribution in [-0.4, -0.2) is 23.4 Å². The van der Waals surface area contributed by atoms with Gasteiger partial charge >= 0.3 is 0 Å². The van der Waals surface area contributed by atoms with E-state index in [0.717, 1.165) is 38.5 Å². The molecule has 0 aliphatic carbocycles. The molecule has 0 aromatic heterocycles. The fraction of sp³-hybridized carbons (Fsp3) is 1.00. The maximum absolute atomic E-state index is 6.36. The predicted molar refractivity (Wildman–Crippen MR) is 97.5 cm³/mol. The highest BCUT2D eigenvalue weighted by Crippen LogP contribution is 2.26. The van der Waals surface area contributed by atoms with E-state index in [4.69, 9.17) is 9.47 Å². The van der Waals surface area contributed by atoms with Gasteiger partial charge in [-0.2, -0.15) is 0 Å². The van der Waals surface area contributed by atoms with E-state index in [1.165, 1.54) is 12.8 Å². The molecule has 2 nitrogen and oxygen atoms in total. The third-order valence-corrected chi connectivity index (χ3v) is 4.71. The Hall–Kier alpha value is -0.0800. The van der Waals surface area contributed by atoms with Crippen LogP contribution in [-0.2, 0) is 9.47 Å². The van der Waals surface area contributed by atoms with E-state index in [-0.39, 0.29) is 11.2 Å². The van der Waals surface area contributed by atoms with Crippen LogP contribution in [0.4, 0.5) is 0 Å². The monoisotopic (exact) mass is 314 g/mol.